The number of hydrogen-bond acceptors (Lipinski definition) is 2. The molecule has 1 aliphatic rings. The topological polar surface area (TPSA) is 29.9 Å². The highest BCUT2D eigenvalue weighted by molar-refractivity contribution is 5.39. The van der Waals surface area contributed by atoms with Crippen molar-refractivity contribution in [1.29, 1.82) is 0 Å². The van der Waals surface area contributed by atoms with Crippen LogP contribution < -0.4 is 5.32 Å². The van der Waals surface area contributed by atoms with Gasteiger partial charge in [0.05, 0.1) is 0 Å². The van der Waals surface area contributed by atoms with Gasteiger partial charge in [0.2, 0.25) is 0 Å². The molecule has 1 aromatic rings. The summed E-state index contributed by atoms with van der Waals surface area (Å²) in [5.41, 5.74) is -0.822. The van der Waals surface area contributed by atoms with Crippen molar-refractivity contribution in [2.24, 2.45) is 0 Å². The molecule has 6 heteroatoms. The predicted molar refractivity (Wildman–Crippen MR) is 40.3 cm³/mol. The van der Waals surface area contributed by atoms with Crippen molar-refractivity contribution < 1.29 is 13.2 Å². The number of rotatable bonds is 0. The Morgan fingerprint density at radius 3 is 2.85 bits per heavy atom. The highest BCUT2D eigenvalue weighted by Crippen LogP contribution is 2.30. The molecule has 2 heterocycles. The van der Waals surface area contributed by atoms with Gasteiger partial charge in [-0.15, -0.1) is 0 Å². The molecular formula is C7H8F3N3. The molecule has 0 unspecified atom stereocenters. The monoisotopic (exact) mass is 191 g/mol. The van der Waals surface area contributed by atoms with Crippen molar-refractivity contribution in [2.45, 2.75) is 19.1 Å². The molecule has 0 aromatic carbocycles. The van der Waals surface area contributed by atoms with Crippen molar-refractivity contribution in [3.63, 3.8) is 0 Å². The summed E-state index contributed by atoms with van der Waals surface area (Å²) >= 11 is 0. The van der Waals surface area contributed by atoms with Crippen molar-refractivity contribution in [3.8, 4) is 0 Å². The lowest BCUT2D eigenvalue weighted by Crippen LogP contribution is -2.17. The molecule has 0 saturated carbocycles. The molecule has 0 saturated heterocycles. The van der Waals surface area contributed by atoms with Gasteiger partial charge in [-0.1, -0.05) is 0 Å². The number of aromatic nitrogens is 2. The van der Waals surface area contributed by atoms with Crippen LogP contribution in [-0.4, -0.2) is 16.3 Å². The Bertz CT molecular complexity index is 292. The standard InChI is InChI=1S/C7H8F3N3/c8-7(9,10)5-4-6-11-2-1-3-13(6)12-5/h4,11H,1-3H2. The second-order valence-electron chi connectivity index (χ2n) is 2.92. The molecule has 0 radical (unpaired) electrons. The molecule has 2 rings (SSSR count). The summed E-state index contributed by atoms with van der Waals surface area (Å²) in [6.45, 7) is 1.27. The van der Waals surface area contributed by atoms with E-state index in [1.54, 1.807) is 0 Å². The molecule has 0 bridgehead atoms. The smallest absolute Gasteiger partial charge is 0.370 e. The molecule has 0 fully saturated rings. The second kappa shape index (κ2) is 2.65. The minimum atomic E-state index is -4.34. The molecule has 0 spiro atoms. The SMILES string of the molecule is FC(F)(F)c1cc2n(n1)CCCN2. The highest BCUT2D eigenvalue weighted by atomic mass is 19.4. The zero-order valence-corrected chi connectivity index (χ0v) is 6.73. The van der Waals surface area contributed by atoms with Gasteiger partial charge >= 0.3 is 6.18 Å². The van der Waals surface area contributed by atoms with Gasteiger partial charge in [-0.3, -0.25) is 0 Å². The Morgan fingerprint density at radius 1 is 1.46 bits per heavy atom. The molecule has 13 heavy (non-hydrogen) atoms. The molecule has 0 amide bonds. The van der Waals surface area contributed by atoms with E-state index >= 15 is 0 Å². The van der Waals surface area contributed by atoms with Gasteiger partial charge in [0, 0.05) is 19.2 Å². The Kier molecular flexibility index (Phi) is 1.71. The molecular weight excluding hydrogens is 183 g/mol. The maximum atomic E-state index is 12.2. The fourth-order valence-electron chi connectivity index (χ4n) is 1.31. The fourth-order valence-corrected chi connectivity index (χ4v) is 1.31. The Balaban J connectivity index is 2.36. The molecule has 0 atom stereocenters. The summed E-state index contributed by atoms with van der Waals surface area (Å²) in [6, 6.07) is 1.04. The zero-order valence-electron chi connectivity index (χ0n) is 6.73. The number of aryl methyl sites for hydroxylation is 1. The van der Waals surface area contributed by atoms with Crippen LogP contribution in [0.5, 0.6) is 0 Å². The largest absolute Gasteiger partial charge is 0.435 e. The third kappa shape index (κ3) is 1.48. The summed E-state index contributed by atoms with van der Waals surface area (Å²) < 4.78 is 37.9. The van der Waals surface area contributed by atoms with Gasteiger partial charge in [0.1, 0.15) is 5.82 Å². The van der Waals surface area contributed by atoms with Crippen molar-refractivity contribution in [3.05, 3.63) is 11.8 Å². The van der Waals surface area contributed by atoms with Gasteiger partial charge in [-0.25, -0.2) is 4.68 Å². The van der Waals surface area contributed by atoms with E-state index in [-0.39, 0.29) is 0 Å². The van der Waals surface area contributed by atoms with E-state index in [1.807, 2.05) is 0 Å². The van der Waals surface area contributed by atoms with E-state index in [2.05, 4.69) is 10.4 Å². The second-order valence-corrected chi connectivity index (χ2v) is 2.92. The van der Waals surface area contributed by atoms with E-state index < -0.39 is 11.9 Å². The average molecular weight is 191 g/mol. The van der Waals surface area contributed by atoms with Crippen LogP contribution in [0.2, 0.25) is 0 Å². The lowest BCUT2D eigenvalue weighted by molar-refractivity contribution is -0.141. The van der Waals surface area contributed by atoms with E-state index in [4.69, 9.17) is 0 Å². The third-order valence-corrected chi connectivity index (χ3v) is 1.92. The first-order chi connectivity index (χ1) is 6.07. The predicted octanol–water partition coefficient (Wildman–Crippen LogP) is 1.72. The fraction of sp³-hybridized carbons (Fsp3) is 0.571. The average Bonchev–Trinajstić information content (AvgIpc) is 2.45. The van der Waals surface area contributed by atoms with Crippen molar-refractivity contribution >= 4 is 5.82 Å². The molecule has 1 aromatic heterocycles. The first-order valence-electron chi connectivity index (χ1n) is 3.96. The van der Waals surface area contributed by atoms with Crippen LogP contribution in [0.15, 0.2) is 6.07 Å². The van der Waals surface area contributed by atoms with Crippen LogP contribution in [-0.2, 0) is 12.7 Å². The van der Waals surface area contributed by atoms with Crippen LogP contribution in [0, 0.1) is 0 Å². The normalized spacial score (nSPS) is 16.5. The number of nitrogens with one attached hydrogen (secondary N) is 1. The number of nitrogens with zero attached hydrogens (tertiary/aromatic N) is 2. The summed E-state index contributed by atoms with van der Waals surface area (Å²) in [5, 5.41) is 6.31. The summed E-state index contributed by atoms with van der Waals surface area (Å²) in [5.74, 6) is 0.457. The van der Waals surface area contributed by atoms with E-state index in [0.717, 1.165) is 12.5 Å². The quantitative estimate of drug-likeness (QED) is 0.676. The van der Waals surface area contributed by atoms with E-state index in [9.17, 15) is 13.2 Å². The van der Waals surface area contributed by atoms with Crippen LogP contribution in [0.1, 0.15) is 12.1 Å². The van der Waals surface area contributed by atoms with Crippen molar-refractivity contribution in [2.75, 3.05) is 11.9 Å². The maximum Gasteiger partial charge on any atom is 0.435 e. The Labute approximate surface area is 72.5 Å². The molecule has 1 N–H and O–H groups in total. The van der Waals surface area contributed by atoms with Crippen LogP contribution in [0.4, 0.5) is 19.0 Å². The van der Waals surface area contributed by atoms with Gasteiger partial charge in [-0.05, 0) is 6.42 Å². The zero-order chi connectivity index (χ0) is 9.47. The number of hydrogen-bond donors (Lipinski definition) is 1. The lowest BCUT2D eigenvalue weighted by Gasteiger charge is -2.14. The number of halogens is 3. The minimum Gasteiger partial charge on any atom is -0.370 e. The van der Waals surface area contributed by atoms with Crippen molar-refractivity contribution in [1.82, 2.24) is 9.78 Å². The minimum absolute atomic E-state index is 0.457. The molecule has 1 aliphatic heterocycles. The van der Waals surface area contributed by atoms with Crippen LogP contribution in [0.3, 0.4) is 0 Å². The van der Waals surface area contributed by atoms with E-state index in [0.29, 0.717) is 18.9 Å². The Hall–Kier alpha value is -1.20. The number of fused-ring (bicyclic) bond motifs is 1. The van der Waals surface area contributed by atoms with Gasteiger partial charge in [0.25, 0.3) is 0 Å². The summed E-state index contributed by atoms with van der Waals surface area (Å²) in [6.07, 6.45) is -3.53. The molecule has 0 aliphatic carbocycles. The maximum absolute atomic E-state index is 12.2. The van der Waals surface area contributed by atoms with Crippen LogP contribution in [0.25, 0.3) is 0 Å². The van der Waals surface area contributed by atoms with E-state index in [1.165, 1.54) is 4.68 Å². The van der Waals surface area contributed by atoms with Gasteiger partial charge in [0.15, 0.2) is 5.69 Å². The molecule has 3 nitrogen and oxygen atoms in total. The van der Waals surface area contributed by atoms with Crippen LogP contribution >= 0.6 is 0 Å². The number of anilines is 1. The lowest BCUT2D eigenvalue weighted by atomic mass is 10.3. The van der Waals surface area contributed by atoms with Gasteiger partial charge in [-0.2, -0.15) is 18.3 Å². The summed E-state index contributed by atoms with van der Waals surface area (Å²) in [7, 11) is 0. The number of alkyl halides is 3. The first-order valence-corrected chi connectivity index (χ1v) is 3.96. The third-order valence-electron chi connectivity index (χ3n) is 1.92. The summed E-state index contributed by atoms with van der Waals surface area (Å²) in [4.78, 5) is 0. The molecule has 72 valence electrons. The first kappa shape index (κ1) is 8.40. The highest BCUT2D eigenvalue weighted by Gasteiger charge is 2.35. The van der Waals surface area contributed by atoms with Gasteiger partial charge < -0.3 is 5.32 Å². The Morgan fingerprint density at radius 2 is 2.23 bits per heavy atom.